The van der Waals surface area contributed by atoms with Gasteiger partial charge in [-0.1, -0.05) is 48.5 Å². The van der Waals surface area contributed by atoms with E-state index in [1.807, 2.05) is 0 Å². The molecule has 0 saturated heterocycles. The van der Waals surface area contributed by atoms with E-state index >= 15 is 0 Å². The average Bonchev–Trinajstić information content (AvgIpc) is 2.73. The molecule has 0 heterocycles. The highest BCUT2D eigenvalue weighted by atomic mass is 17.2. The van der Waals surface area contributed by atoms with Gasteiger partial charge in [-0.05, 0) is 12.1 Å². The van der Waals surface area contributed by atoms with Gasteiger partial charge < -0.3 is 20.4 Å². The summed E-state index contributed by atoms with van der Waals surface area (Å²) in [6, 6.07) is 14.8. The van der Waals surface area contributed by atoms with E-state index in [2.05, 4.69) is 0 Å². The zero-order valence-electron chi connectivity index (χ0n) is 15.2. The van der Waals surface area contributed by atoms with Gasteiger partial charge in [-0.3, -0.25) is 9.78 Å². The lowest BCUT2D eigenvalue weighted by Gasteiger charge is -2.14. The van der Waals surface area contributed by atoms with Crippen molar-refractivity contribution in [3.8, 4) is 23.0 Å². The molecule has 4 aromatic carbocycles. The maximum Gasteiger partial charge on any atom is 0.336 e. The molecule has 8 heteroatoms. The number of carbonyl (C=O) groups is 2. The van der Waals surface area contributed by atoms with Gasteiger partial charge in [0.15, 0.2) is 11.5 Å². The van der Waals surface area contributed by atoms with E-state index in [1.54, 1.807) is 48.5 Å². The van der Waals surface area contributed by atoms with E-state index in [1.165, 1.54) is 0 Å². The molecule has 30 heavy (non-hydrogen) atoms. The number of aromatic carboxylic acids is 2. The van der Waals surface area contributed by atoms with Crippen molar-refractivity contribution in [1.29, 1.82) is 0 Å². The number of phenolic OH excluding ortho intramolecular Hbond substituents is 2. The Morgan fingerprint density at radius 3 is 1.27 bits per heavy atom. The summed E-state index contributed by atoms with van der Waals surface area (Å²) in [4.78, 5) is 33.6. The van der Waals surface area contributed by atoms with Crippen molar-refractivity contribution in [2.24, 2.45) is 0 Å². The molecular formula is C22H14O8. The van der Waals surface area contributed by atoms with Gasteiger partial charge in [0, 0.05) is 21.5 Å². The molecule has 0 amide bonds. The lowest BCUT2D eigenvalue weighted by molar-refractivity contribution is -0.100. The van der Waals surface area contributed by atoms with Gasteiger partial charge in [0.2, 0.25) is 11.5 Å². The molecule has 0 unspecified atom stereocenters. The van der Waals surface area contributed by atoms with E-state index in [-0.39, 0.29) is 33.4 Å². The minimum atomic E-state index is -1.22. The minimum Gasteiger partial charge on any atom is -0.504 e. The monoisotopic (exact) mass is 406 g/mol. The zero-order chi connectivity index (χ0) is 21.4. The van der Waals surface area contributed by atoms with Crippen molar-refractivity contribution in [2.45, 2.75) is 0 Å². The van der Waals surface area contributed by atoms with E-state index in [0.29, 0.717) is 10.8 Å². The topological polar surface area (TPSA) is 134 Å². The van der Waals surface area contributed by atoms with Crippen LogP contribution in [0.15, 0.2) is 60.7 Å². The van der Waals surface area contributed by atoms with Crippen molar-refractivity contribution in [3.63, 3.8) is 0 Å². The Labute approximate surface area is 168 Å². The number of aromatic hydroxyl groups is 2. The third-order valence-electron chi connectivity index (χ3n) is 4.62. The van der Waals surface area contributed by atoms with Crippen LogP contribution in [-0.2, 0) is 0 Å². The molecule has 0 aliphatic heterocycles. The fourth-order valence-corrected chi connectivity index (χ4v) is 3.28. The van der Waals surface area contributed by atoms with Crippen LogP contribution in [-0.4, -0.2) is 32.4 Å². The fraction of sp³-hybridized carbons (Fsp3) is 0. The van der Waals surface area contributed by atoms with Crippen LogP contribution >= 0.6 is 0 Å². The Morgan fingerprint density at radius 1 is 0.600 bits per heavy atom. The Balaban J connectivity index is 1.82. The molecular weight excluding hydrogens is 392 g/mol. The van der Waals surface area contributed by atoms with Crippen molar-refractivity contribution in [2.75, 3.05) is 0 Å². The fourth-order valence-electron chi connectivity index (χ4n) is 3.28. The van der Waals surface area contributed by atoms with Gasteiger partial charge in [0.25, 0.3) is 0 Å². The molecule has 0 aliphatic rings. The number of phenols is 2. The summed E-state index contributed by atoms with van der Waals surface area (Å²) < 4.78 is 0. The van der Waals surface area contributed by atoms with Crippen molar-refractivity contribution < 1.29 is 39.8 Å². The van der Waals surface area contributed by atoms with Crippen LogP contribution in [0, 0.1) is 0 Å². The Bertz CT molecular complexity index is 1220. The second kappa shape index (κ2) is 7.17. The van der Waals surface area contributed by atoms with Gasteiger partial charge in [-0.25, -0.2) is 9.59 Å². The highest BCUT2D eigenvalue weighted by molar-refractivity contribution is 6.08. The van der Waals surface area contributed by atoms with Gasteiger partial charge in [-0.15, -0.1) is 0 Å². The van der Waals surface area contributed by atoms with Crippen LogP contribution in [0.25, 0.3) is 21.5 Å². The van der Waals surface area contributed by atoms with Crippen molar-refractivity contribution >= 4 is 33.5 Å². The van der Waals surface area contributed by atoms with Gasteiger partial charge in [-0.2, -0.15) is 0 Å². The lowest BCUT2D eigenvalue weighted by atomic mass is 10.0. The number of rotatable bonds is 5. The number of fused-ring (bicyclic) bond motifs is 2. The van der Waals surface area contributed by atoms with Crippen LogP contribution in [0.2, 0.25) is 0 Å². The van der Waals surface area contributed by atoms with E-state index in [4.69, 9.17) is 9.78 Å². The highest BCUT2D eigenvalue weighted by Crippen LogP contribution is 2.41. The van der Waals surface area contributed by atoms with Crippen LogP contribution < -0.4 is 9.78 Å². The van der Waals surface area contributed by atoms with Crippen LogP contribution in [0.3, 0.4) is 0 Å². The third-order valence-corrected chi connectivity index (χ3v) is 4.62. The first kappa shape index (κ1) is 18.9. The van der Waals surface area contributed by atoms with Gasteiger partial charge in [0.1, 0.15) is 0 Å². The largest absolute Gasteiger partial charge is 0.504 e. The summed E-state index contributed by atoms with van der Waals surface area (Å²) in [5.41, 5.74) is -0.232. The third kappa shape index (κ3) is 3.06. The first-order valence-corrected chi connectivity index (χ1v) is 8.69. The summed E-state index contributed by atoms with van der Waals surface area (Å²) in [5, 5.41) is 40.5. The minimum absolute atomic E-state index is 0.116. The number of carboxylic acids is 2. The second-order valence-electron chi connectivity index (χ2n) is 6.41. The Kier molecular flexibility index (Phi) is 4.51. The van der Waals surface area contributed by atoms with Crippen molar-refractivity contribution in [3.05, 3.63) is 71.8 Å². The summed E-state index contributed by atoms with van der Waals surface area (Å²) in [5.74, 6) is -3.69. The highest BCUT2D eigenvalue weighted by Gasteiger charge is 2.21. The average molecular weight is 406 g/mol. The molecule has 4 rings (SSSR count). The Morgan fingerprint density at radius 2 is 0.933 bits per heavy atom. The van der Waals surface area contributed by atoms with Crippen LogP contribution in [0.4, 0.5) is 0 Å². The quantitative estimate of drug-likeness (QED) is 0.287. The summed E-state index contributed by atoms with van der Waals surface area (Å²) >= 11 is 0. The molecule has 0 spiro atoms. The molecule has 150 valence electrons. The molecule has 0 aromatic heterocycles. The molecule has 4 aromatic rings. The molecule has 0 bridgehead atoms. The number of hydrogen-bond acceptors (Lipinski definition) is 6. The first-order valence-electron chi connectivity index (χ1n) is 8.69. The predicted molar refractivity (Wildman–Crippen MR) is 106 cm³/mol. The number of carboxylic acid groups (broad SMARTS) is 2. The van der Waals surface area contributed by atoms with E-state index in [0.717, 1.165) is 12.1 Å². The van der Waals surface area contributed by atoms with Crippen LogP contribution in [0.1, 0.15) is 20.7 Å². The maximum absolute atomic E-state index is 11.5. The molecule has 0 atom stereocenters. The SMILES string of the molecule is O=C(O)c1cc(O)c(OOc2c(O)cc(C(=O)O)c3ccccc23)c2ccccc12. The second-order valence-corrected chi connectivity index (χ2v) is 6.41. The maximum atomic E-state index is 11.5. The smallest absolute Gasteiger partial charge is 0.336 e. The lowest BCUT2D eigenvalue weighted by Crippen LogP contribution is -2.06. The molecule has 0 aliphatic carbocycles. The van der Waals surface area contributed by atoms with E-state index < -0.39 is 23.4 Å². The summed E-state index contributed by atoms with van der Waals surface area (Å²) in [6.07, 6.45) is 0. The van der Waals surface area contributed by atoms with E-state index in [9.17, 15) is 30.0 Å². The molecule has 0 radical (unpaired) electrons. The number of hydrogen-bond donors (Lipinski definition) is 4. The standard InChI is InChI=1S/C22H14O8/c23-17-9-15(21(25)26)11-5-1-3-7-13(11)19(17)29-30-20-14-8-4-2-6-12(14)16(22(27)28)10-18(20)24/h1-10,23-24H,(H,25,26)(H,27,28). The molecule has 4 N–H and O–H groups in total. The van der Waals surface area contributed by atoms with Crippen molar-refractivity contribution in [1.82, 2.24) is 0 Å². The van der Waals surface area contributed by atoms with Crippen LogP contribution in [0.5, 0.6) is 23.0 Å². The first-order chi connectivity index (χ1) is 14.4. The normalized spacial score (nSPS) is 10.8. The molecule has 0 saturated carbocycles. The number of benzene rings is 4. The van der Waals surface area contributed by atoms with Gasteiger partial charge in [0.05, 0.1) is 11.1 Å². The molecule has 0 fully saturated rings. The van der Waals surface area contributed by atoms with Gasteiger partial charge >= 0.3 is 11.9 Å². The molecule has 8 nitrogen and oxygen atoms in total. The zero-order valence-corrected chi connectivity index (χ0v) is 15.2. The predicted octanol–water partition coefficient (Wildman–Crippen LogP) is 4.17. The Hall–Kier alpha value is -4.46. The summed E-state index contributed by atoms with van der Waals surface area (Å²) in [6.45, 7) is 0. The summed E-state index contributed by atoms with van der Waals surface area (Å²) in [7, 11) is 0.